The van der Waals surface area contributed by atoms with Crippen LogP contribution in [0, 0.1) is 116 Å². The smallest absolute Gasteiger partial charge is 0.200 e. The lowest BCUT2D eigenvalue weighted by atomic mass is 9.12. The lowest BCUT2D eigenvalue weighted by Crippen LogP contribution is -2.81. The molecular formula is C40H20BF20N. The first kappa shape index (κ1) is 47.0. The van der Waals surface area contributed by atoms with Gasteiger partial charge in [-0.25, -0.2) is 92.4 Å². The third-order valence-corrected chi connectivity index (χ3v) is 10.0. The number of hydrogen-bond donors (Lipinski definition) is 0. The molecule has 5 aromatic carbocycles. The lowest BCUT2D eigenvalue weighted by molar-refractivity contribution is -0.688. The van der Waals surface area contributed by atoms with Crippen LogP contribution < -0.4 is 26.4 Å². The van der Waals surface area contributed by atoms with E-state index in [2.05, 4.69) is 73.3 Å². The van der Waals surface area contributed by atoms with Gasteiger partial charge in [-0.05, 0) is 17.9 Å². The summed E-state index contributed by atoms with van der Waals surface area (Å²) in [6, 6.07) is 15.0. The van der Waals surface area contributed by atoms with Crippen molar-refractivity contribution in [1.29, 1.82) is 0 Å². The lowest BCUT2D eigenvalue weighted by Gasteiger charge is -2.44. The van der Waals surface area contributed by atoms with Gasteiger partial charge in [0.05, 0.1) is 0 Å². The SMILES string of the molecule is CCC(C)c1cc[n+](Cc2ccccc2)cc1.Fc1c(F)c(F)c([B-](c2c(F)c(F)c(F)c(F)c2F)(c2c(F)c(F)c(F)c(F)c2F)c2c(F)c(F)c(F)c(F)c2F)c(F)c1F. The summed E-state index contributed by atoms with van der Waals surface area (Å²) in [5.41, 5.74) is -11.6. The number of hydrogen-bond acceptors (Lipinski definition) is 0. The monoisotopic (exact) mass is 905 g/mol. The highest BCUT2D eigenvalue weighted by molar-refractivity contribution is 7.20. The van der Waals surface area contributed by atoms with Gasteiger partial charge in [0.1, 0.15) is 52.7 Å². The largest absolute Gasteiger partial charge is 0.207 e. The summed E-state index contributed by atoms with van der Waals surface area (Å²) < 4.78 is 296. The quantitative estimate of drug-likeness (QED) is 0.0472. The van der Waals surface area contributed by atoms with Crippen molar-refractivity contribution in [2.24, 2.45) is 0 Å². The molecule has 0 saturated carbocycles. The first-order chi connectivity index (χ1) is 29.0. The number of pyridine rings is 1. The summed E-state index contributed by atoms with van der Waals surface area (Å²) in [4.78, 5) is 0. The van der Waals surface area contributed by atoms with E-state index in [0.29, 0.717) is 5.92 Å². The Balaban J connectivity index is 0.000000355. The Labute approximate surface area is 335 Å². The van der Waals surface area contributed by atoms with Crippen LogP contribution in [0.2, 0.25) is 0 Å². The molecule has 0 saturated heterocycles. The summed E-state index contributed by atoms with van der Waals surface area (Å²) in [6.07, 6.45) is -1.67. The highest BCUT2D eigenvalue weighted by Gasteiger charge is 2.52. The van der Waals surface area contributed by atoms with E-state index < -0.39 is 144 Å². The van der Waals surface area contributed by atoms with Crippen molar-refractivity contribution >= 4 is 28.0 Å². The Kier molecular flexibility index (Phi) is 13.4. The minimum atomic E-state index is -7.22. The van der Waals surface area contributed by atoms with Crippen LogP contribution in [0.1, 0.15) is 37.3 Å². The molecule has 0 spiro atoms. The third-order valence-electron chi connectivity index (χ3n) is 10.0. The molecule has 22 heteroatoms. The molecule has 0 amide bonds. The van der Waals surface area contributed by atoms with Gasteiger partial charge in [-0.3, -0.25) is 0 Å². The number of halogens is 20. The highest BCUT2D eigenvalue weighted by Crippen LogP contribution is 2.31. The van der Waals surface area contributed by atoms with Crippen LogP contribution >= 0.6 is 0 Å². The van der Waals surface area contributed by atoms with Crippen molar-refractivity contribution in [2.45, 2.75) is 32.7 Å². The van der Waals surface area contributed by atoms with E-state index in [1.807, 2.05) is 0 Å². The fourth-order valence-corrected chi connectivity index (χ4v) is 6.81. The number of benzene rings is 5. The first-order valence-electron chi connectivity index (χ1n) is 17.3. The Morgan fingerprint density at radius 3 is 0.855 bits per heavy atom. The maximum Gasteiger partial charge on any atom is 0.200 e. The summed E-state index contributed by atoms with van der Waals surface area (Å²) in [7, 11) is 0. The van der Waals surface area contributed by atoms with Gasteiger partial charge in [-0.1, -0.05) is 44.2 Å². The average Bonchev–Trinajstić information content (AvgIpc) is 3.26. The standard InChI is InChI=1S/C24BF20.C16H20N/c26-5-1(6(27)14(35)21(42)13(5)34)25(2-7(28)15(36)22(43)16(37)8(2)29,3-9(30)17(38)23(44)18(39)10(3)31)4-11(32)19(40)24(45)20(41)12(4)33;1-3-14(2)16-9-11-17(12-10-16)13-15-7-5-4-6-8-15/h;4-12,14H,3,13H2,1-2H3/q-1;+1. The van der Waals surface area contributed by atoms with Crippen LogP contribution in [0.4, 0.5) is 87.8 Å². The van der Waals surface area contributed by atoms with Crippen molar-refractivity contribution in [1.82, 2.24) is 0 Å². The van der Waals surface area contributed by atoms with Crippen molar-refractivity contribution in [3.8, 4) is 0 Å². The Morgan fingerprint density at radius 2 is 0.613 bits per heavy atom. The zero-order valence-corrected chi connectivity index (χ0v) is 30.8. The Bertz CT molecular complexity index is 2330. The molecule has 1 heterocycles. The zero-order chi connectivity index (χ0) is 46.4. The molecule has 0 fully saturated rings. The van der Waals surface area contributed by atoms with E-state index in [-0.39, 0.29) is 0 Å². The maximum atomic E-state index is 15.4. The molecule has 0 radical (unpaired) electrons. The predicted octanol–water partition coefficient (Wildman–Crippen LogP) is 9.38. The fourth-order valence-electron chi connectivity index (χ4n) is 6.81. The molecule has 1 aromatic heterocycles. The van der Waals surface area contributed by atoms with Gasteiger partial charge >= 0.3 is 0 Å². The van der Waals surface area contributed by atoms with Crippen molar-refractivity contribution in [3.05, 3.63) is 182 Å². The van der Waals surface area contributed by atoms with Crippen molar-refractivity contribution in [3.63, 3.8) is 0 Å². The van der Waals surface area contributed by atoms with Gasteiger partial charge in [0.15, 0.2) is 88.7 Å². The molecule has 6 rings (SSSR count). The molecule has 62 heavy (non-hydrogen) atoms. The molecule has 0 N–H and O–H groups in total. The molecule has 0 aliphatic rings. The number of rotatable bonds is 8. The molecule has 0 aliphatic heterocycles. The van der Waals surface area contributed by atoms with E-state index in [1.165, 1.54) is 17.5 Å². The van der Waals surface area contributed by atoms with E-state index in [0.717, 1.165) is 6.54 Å². The Morgan fingerprint density at radius 1 is 0.371 bits per heavy atom. The average molecular weight is 905 g/mol. The van der Waals surface area contributed by atoms with Crippen molar-refractivity contribution < 1.29 is 92.4 Å². The molecule has 0 aliphatic carbocycles. The summed E-state index contributed by atoms with van der Waals surface area (Å²) in [5, 5.41) is 0. The number of aromatic nitrogens is 1. The second-order valence-corrected chi connectivity index (χ2v) is 13.4. The molecule has 6 aromatic rings. The predicted molar refractivity (Wildman–Crippen MR) is 180 cm³/mol. The van der Waals surface area contributed by atoms with Crippen LogP contribution in [0.3, 0.4) is 0 Å². The van der Waals surface area contributed by atoms with Gasteiger partial charge in [0.2, 0.25) is 0 Å². The van der Waals surface area contributed by atoms with Crippen LogP contribution in [0.15, 0.2) is 54.9 Å². The second-order valence-electron chi connectivity index (χ2n) is 13.4. The van der Waals surface area contributed by atoms with E-state index in [4.69, 9.17) is 0 Å². The fraction of sp³-hybridized carbons (Fsp3) is 0.125. The van der Waals surface area contributed by atoms with Gasteiger partial charge in [-0.15, -0.1) is 21.9 Å². The molecule has 1 unspecified atom stereocenters. The zero-order valence-electron chi connectivity index (χ0n) is 30.8. The highest BCUT2D eigenvalue weighted by atomic mass is 19.2. The van der Waals surface area contributed by atoms with Crippen molar-refractivity contribution in [2.75, 3.05) is 0 Å². The third kappa shape index (κ3) is 7.50. The Hall–Kier alpha value is -6.09. The van der Waals surface area contributed by atoms with Crippen LogP contribution in [-0.2, 0) is 6.54 Å². The molecule has 1 nitrogen and oxygen atoms in total. The summed E-state index contributed by atoms with van der Waals surface area (Å²) in [6.45, 7) is 5.45. The van der Waals surface area contributed by atoms with Gasteiger partial charge < -0.3 is 0 Å². The van der Waals surface area contributed by atoms with Crippen LogP contribution in [0.25, 0.3) is 0 Å². The van der Waals surface area contributed by atoms with Crippen LogP contribution in [0.5, 0.6) is 0 Å². The van der Waals surface area contributed by atoms with E-state index >= 15 is 35.1 Å². The summed E-state index contributed by atoms with van der Waals surface area (Å²) >= 11 is 0. The second kappa shape index (κ2) is 17.7. The molecular weight excluding hydrogens is 885 g/mol. The molecule has 328 valence electrons. The van der Waals surface area contributed by atoms with Gasteiger partial charge in [0, 0.05) is 17.7 Å². The minimum Gasteiger partial charge on any atom is -0.207 e. The van der Waals surface area contributed by atoms with E-state index in [9.17, 15) is 52.7 Å². The normalized spacial score (nSPS) is 12.1. The topological polar surface area (TPSA) is 3.88 Å². The van der Waals surface area contributed by atoms with Gasteiger partial charge in [0.25, 0.3) is 0 Å². The molecule has 0 bridgehead atoms. The van der Waals surface area contributed by atoms with Crippen LogP contribution in [-0.4, -0.2) is 6.15 Å². The minimum absolute atomic E-state index is 0.654. The molecule has 1 atom stereocenters. The first-order valence-corrected chi connectivity index (χ1v) is 17.3. The summed E-state index contributed by atoms with van der Waals surface area (Å²) in [5.74, 6) is -70.8. The number of nitrogens with zero attached hydrogens (tertiary/aromatic N) is 1. The maximum absolute atomic E-state index is 15.4. The van der Waals surface area contributed by atoms with E-state index in [1.54, 1.807) is 0 Å². The van der Waals surface area contributed by atoms with Gasteiger partial charge in [-0.2, -0.15) is 0 Å².